The first-order valence-corrected chi connectivity index (χ1v) is 11.6. The lowest BCUT2D eigenvalue weighted by molar-refractivity contribution is -0.175. The van der Waals surface area contributed by atoms with Gasteiger partial charge in [-0.15, -0.1) is 0 Å². The van der Waals surface area contributed by atoms with Crippen LogP contribution in [-0.4, -0.2) is 69.5 Å². The maximum absolute atomic E-state index is 13.3. The molecule has 8 nitrogen and oxygen atoms in total. The van der Waals surface area contributed by atoms with Gasteiger partial charge in [0.2, 0.25) is 5.91 Å². The van der Waals surface area contributed by atoms with E-state index in [4.69, 9.17) is 0 Å². The number of carbonyl (C=O) groups is 3. The summed E-state index contributed by atoms with van der Waals surface area (Å²) in [6.45, 7) is 2.82. The lowest BCUT2D eigenvalue weighted by atomic mass is 9.86. The Hall–Kier alpha value is -3.32. The molecule has 0 saturated carbocycles. The highest BCUT2D eigenvalue weighted by atomic mass is 19.4. The van der Waals surface area contributed by atoms with Crippen molar-refractivity contribution < 1.29 is 40.7 Å². The average Bonchev–Trinajstić information content (AvgIpc) is 3.28. The summed E-state index contributed by atoms with van der Waals surface area (Å²) < 4.78 is 78.7. The lowest BCUT2D eigenvalue weighted by Gasteiger charge is -2.40. The van der Waals surface area contributed by atoms with Crippen LogP contribution in [0.3, 0.4) is 0 Å². The molecule has 0 spiro atoms. The van der Waals surface area contributed by atoms with E-state index in [-0.39, 0.29) is 25.9 Å². The molecule has 1 aliphatic rings. The Balaban J connectivity index is 1.81. The van der Waals surface area contributed by atoms with Crippen molar-refractivity contribution in [3.8, 4) is 0 Å². The fraction of sp³-hybridized carbons (Fsp3) is 0.565. The third-order valence-electron chi connectivity index (χ3n) is 6.34. The van der Waals surface area contributed by atoms with Crippen molar-refractivity contribution in [3.63, 3.8) is 0 Å². The Labute approximate surface area is 208 Å². The number of imidazole rings is 1. The van der Waals surface area contributed by atoms with E-state index in [0.29, 0.717) is 11.1 Å². The zero-order valence-corrected chi connectivity index (χ0v) is 20.1. The smallest absolute Gasteiger partial charge is 0.350 e. The number of likely N-dealkylation sites (tertiary alicyclic amines) is 1. The number of rotatable bonds is 7. The molecule has 1 aliphatic heterocycles. The summed E-state index contributed by atoms with van der Waals surface area (Å²) in [5.41, 5.74) is 0.818. The molecule has 3 rings (SSSR count). The molecule has 0 radical (unpaired) electrons. The minimum Gasteiger partial charge on any atom is -0.350 e. The van der Waals surface area contributed by atoms with Crippen LogP contribution in [0.5, 0.6) is 0 Å². The molecule has 0 aliphatic carbocycles. The van der Waals surface area contributed by atoms with E-state index in [9.17, 15) is 40.7 Å². The molecule has 37 heavy (non-hydrogen) atoms. The molecule has 0 unspecified atom stereocenters. The molecular weight excluding hydrogens is 508 g/mol. The van der Waals surface area contributed by atoms with Crippen LogP contribution in [0, 0.1) is 11.8 Å². The second kappa shape index (κ2) is 11.0. The predicted molar refractivity (Wildman–Crippen MR) is 119 cm³/mol. The fourth-order valence-corrected chi connectivity index (χ4v) is 4.37. The number of halogens is 6. The van der Waals surface area contributed by atoms with Crippen molar-refractivity contribution in [2.45, 2.75) is 57.5 Å². The van der Waals surface area contributed by atoms with Gasteiger partial charge in [0, 0.05) is 31.7 Å². The molecule has 2 aromatic heterocycles. The molecule has 3 heterocycles. The van der Waals surface area contributed by atoms with Crippen molar-refractivity contribution >= 4 is 23.2 Å². The van der Waals surface area contributed by atoms with Crippen LogP contribution in [0.2, 0.25) is 0 Å². The number of alkyl halides is 6. The van der Waals surface area contributed by atoms with E-state index in [2.05, 4.69) is 10.3 Å². The maximum atomic E-state index is 13.3. The standard InChI is InChI=1S/C23H27F6N5O3/c1-13(2)18(32-21(37)23(27,28)29)19(35)31-16-11-33(9-6-14(16)5-7-22(24,25)26)20(36)15-4-3-8-34-12-30-10-17(15)34/h3-4,8,10,12-14,16,18H,5-7,9,11H2,1-2H3,(H,31,35)(H,32,37)/t14-,16-,18+/m1/s1. The van der Waals surface area contributed by atoms with Crippen LogP contribution in [0.4, 0.5) is 26.3 Å². The number of hydrogen-bond donors (Lipinski definition) is 2. The molecule has 2 N–H and O–H groups in total. The molecule has 3 atom stereocenters. The number of hydrogen-bond acceptors (Lipinski definition) is 4. The van der Waals surface area contributed by atoms with Crippen molar-refractivity contribution in [2.24, 2.45) is 11.8 Å². The van der Waals surface area contributed by atoms with Crippen molar-refractivity contribution in [2.75, 3.05) is 13.1 Å². The highest BCUT2D eigenvalue weighted by Crippen LogP contribution is 2.30. The first-order valence-electron chi connectivity index (χ1n) is 11.6. The number of nitrogens with one attached hydrogen (secondary N) is 2. The highest BCUT2D eigenvalue weighted by molar-refractivity contribution is 6.00. The van der Waals surface area contributed by atoms with Crippen LogP contribution in [-0.2, 0) is 9.59 Å². The van der Waals surface area contributed by atoms with Crippen LogP contribution >= 0.6 is 0 Å². The second-order valence-electron chi connectivity index (χ2n) is 9.37. The van der Waals surface area contributed by atoms with E-state index in [0.717, 1.165) is 0 Å². The second-order valence-corrected chi connectivity index (χ2v) is 9.37. The topological polar surface area (TPSA) is 95.8 Å². The van der Waals surface area contributed by atoms with E-state index < -0.39 is 60.4 Å². The Morgan fingerprint density at radius 1 is 1.16 bits per heavy atom. The van der Waals surface area contributed by atoms with E-state index in [1.807, 2.05) is 0 Å². The van der Waals surface area contributed by atoms with Gasteiger partial charge in [-0.1, -0.05) is 13.8 Å². The average molecular weight is 535 g/mol. The summed E-state index contributed by atoms with van der Waals surface area (Å²) in [7, 11) is 0. The molecule has 1 saturated heterocycles. The number of fused-ring (bicyclic) bond motifs is 1. The molecule has 1 fully saturated rings. The van der Waals surface area contributed by atoms with Gasteiger partial charge in [0.15, 0.2) is 0 Å². The number of aromatic nitrogens is 2. The summed E-state index contributed by atoms with van der Waals surface area (Å²) >= 11 is 0. The summed E-state index contributed by atoms with van der Waals surface area (Å²) in [6, 6.07) is 0.656. The van der Waals surface area contributed by atoms with E-state index >= 15 is 0 Å². The van der Waals surface area contributed by atoms with Crippen LogP contribution in [0.15, 0.2) is 30.9 Å². The highest BCUT2D eigenvalue weighted by Gasteiger charge is 2.42. The monoisotopic (exact) mass is 535 g/mol. The van der Waals surface area contributed by atoms with Gasteiger partial charge in [0.25, 0.3) is 5.91 Å². The third kappa shape index (κ3) is 7.13. The number of nitrogens with zero attached hydrogens (tertiary/aromatic N) is 3. The van der Waals surface area contributed by atoms with Crippen molar-refractivity contribution in [3.05, 3.63) is 36.4 Å². The first-order chi connectivity index (χ1) is 17.2. The molecule has 204 valence electrons. The van der Waals surface area contributed by atoms with E-state index in [1.54, 1.807) is 28.0 Å². The van der Waals surface area contributed by atoms with Crippen molar-refractivity contribution in [1.82, 2.24) is 24.9 Å². The predicted octanol–water partition coefficient (Wildman–Crippen LogP) is 3.33. The number of pyridine rings is 1. The van der Waals surface area contributed by atoms with E-state index in [1.165, 1.54) is 31.3 Å². The molecule has 14 heteroatoms. The third-order valence-corrected chi connectivity index (χ3v) is 6.34. The van der Waals surface area contributed by atoms with Gasteiger partial charge >= 0.3 is 18.3 Å². The number of carbonyl (C=O) groups excluding carboxylic acids is 3. The van der Waals surface area contributed by atoms with Gasteiger partial charge in [-0.25, -0.2) is 4.98 Å². The Bertz CT molecular complexity index is 1130. The van der Waals surface area contributed by atoms with Gasteiger partial charge in [-0.2, -0.15) is 26.3 Å². The van der Waals surface area contributed by atoms with Gasteiger partial charge < -0.3 is 19.9 Å². The minimum atomic E-state index is -5.22. The molecule has 0 bridgehead atoms. The Morgan fingerprint density at radius 3 is 2.49 bits per heavy atom. The van der Waals surface area contributed by atoms with Crippen LogP contribution in [0.25, 0.3) is 5.52 Å². The number of amides is 3. The van der Waals surface area contributed by atoms with Gasteiger partial charge in [-0.3, -0.25) is 14.4 Å². The van der Waals surface area contributed by atoms with Crippen LogP contribution < -0.4 is 10.6 Å². The molecule has 3 amide bonds. The Morgan fingerprint density at radius 2 is 1.86 bits per heavy atom. The van der Waals surface area contributed by atoms with Crippen molar-refractivity contribution in [1.29, 1.82) is 0 Å². The maximum Gasteiger partial charge on any atom is 0.471 e. The normalized spacial score (nSPS) is 19.6. The summed E-state index contributed by atoms with van der Waals surface area (Å²) in [4.78, 5) is 43.0. The quantitative estimate of drug-likeness (QED) is 0.532. The fourth-order valence-electron chi connectivity index (χ4n) is 4.37. The lowest BCUT2D eigenvalue weighted by Crippen LogP contribution is -2.59. The Kier molecular flexibility index (Phi) is 8.38. The minimum absolute atomic E-state index is 0.126. The summed E-state index contributed by atoms with van der Waals surface area (Å²) in [6.07, 6.45) is -6.31. The van der Waals surface area contributed by atoms with Gasteiger partial charge in [-0.05, 0) is 36.8 Å². The molecule has 2 aromatic rings. The molecular formula is C23H27F6N5O3. The first kappa shape index (κ1) is 28.3. The SMILES string of the molecule is CC(C)[C@H](NC(=O)C(F)(F)F)C(=O)N[C@@H]1CN(C(=O)c2cccn3cncc23)CC[C@H]1CCC(F)(F)F. The summed E-state index contributed by atoms with van der Waals surface area (Å²) in [5.74, 6) is -5.14. The van der Waals surface area contributed by atoms with Gasteiger partial charge in [0.1, 0.15) is 6.04 Å². The van der Waals surface area contributed by atoms with Crippen LogP contribution in [0.1, 0.15) is 43.5 Å². The number of piperidine rings is 1. The summed E-state index contributed by atoms with van der Waals surface area (Å²) in [5, 5.41) is 4.16. The zero-order chi connectivity index (χ0) is 27.5. The largest absolute Gasteiger partial charge is 0.471 e. The zero-order valence-electron chi connectivity index (χ0n) is 20.1. The van der Waals surface area contributed by atoms with Gasteiger partial charge in [0.05, 0.1) is 23.6 Å². The molecule has 0 aromatic carbocycles.